The maximum atomic E-state index is 12.1. The molecule has 0 saturated carbocycles. The van der Waals surface area contributed by atoms with Crippen LogP contribution in [0.15, 0.2) is 18.5 Å². The number of nitrogens with zero attached hydrogens (tertiary/aromatic N) is 3. The van der Waals surface area contributed by atoms with E-state index in [-0.39, 0.29) is 5.91 Å². The van der Waals surface area contributed by atoms with Gasteiger partial charge in [-0.1, -0.05) is 0 Å². The second-order valence-corrected chi connectivity index (χ2v) is 6.16. The Morgan fingerprint density at radius 1 is 1.30 bits per heavy atom. The van der Waals surface area contributed by atoms with E-state index in [4.69, 9.17) is 9.47 Å². The molecular weight excluding hydrogens is 296 g/mol. The van der Waals surface area contributed by atoms with Crippen molar-refractivity contribution >= 4 is 5.91 Å². The van der Waals surface area contributed by atoms with Crippen molar-refractivity contribution < 1.29 is 14.3 Å². The summed E-state index contributed by atoms with van der Waals surface area (Å²) < 4.78 is 12.8. The average molecular weight is 322 g/mol. The van der Waals surface area contributed by atoms with Crippen LogP contribution in [0.5, 0.6) is 0 Å². The minimum absolute atomic E-state index is 0.0812. The molecule has 23 heavy (non-hydrogen) atoms. The topological polar surface area (TPSA) is 68.6 Å². The average Bonchev–Trinajstić information content (AvgIpc) is 3.28. The first-order valence-corrected chi connectivity index (χ1v) is 8.46. The summed E-state index contributed by atoms with van der Waals surface area (Å²) in [5, 5.41) is 7.22. The van der Waals surface area contributed by atoms with Crippen molar-refractivity contribution in [3.05, 3.63) is 18.5 Å². The summed E-state index contributed by atoms with van der Waals surface area (Å²) in [5.74, 6) is 0.581. The van der Waals surface area contributed by atoms with E-state index in [0.29, 0.717) is 31.5 Å². The molecule has 0 bridgehead atoms. The fourth-order valence-electron chi connectivity index (χ4n) is 3.31. The van der Waals surface area contributed by atoms with Crippen LogP contribution >= 0.6 is 0 Å². The summed E-state index contributed by atoms with van der Waals surface area (Å²) in [6, 6.07) is 2.21. The number of amides is 1. The number of nitrogens with one attached hydrogen (secondary N) is 1. The van der Waals surface area contributed by atoms with Crippen molar-refractivity contribution in [1.29, 1.82) is 0 Å². The summed E-state index contributed by atoms with van der Waals surface area (Å²) in [6.45, 7) is 6.35. The van der Waals surface area contributed by atoms with Gasteiger partial charge < -0.3 is 14.8 Å². The van der Waals surface area contributed by atoms with Crippen LogP contribution in [-0.4, -0.2) is 72.7 Å². The number of morpholine rings is 1. The van der Waals surface area contributed by atoms with Crippen molar-refractivity contribution in [3.63, 3.8) is 0 Å². The first-order valence-electron chi connectivity index (χ1n) is 8.46. The zero-order chi connectivity index (χ0) is 15.9. The largest absolute Gasteiger partial charge is 0.381 e. The standard InChI is InChI=1S/C16H26N4O3/c21-16(2-6-20-5-1-4-18-20)17-12-15(14-3-9-23-13-14)19-7-10-22-11-8-19/h1,4-5,14-15H,2-3,6-13H2,(H,17,21). The molecule has 0 aliphatic carbocycles. The molecule has 2 fully saturated rings. The Hall–Kier alpha value is -1.44. The summed E-state index contributed by atoms with van der Waals surface area (Å²) in [7, 11) is 0. The van der Waals surface area contributed by atoms with Crippen molar-refractivity contribution in [2.24, 2.45) is 5.92 Å². The van der Waals surface area contributed by atoms with Crippen molar-refractivity contribution in [3.8, 4) is 0 Å². The lowest BCUT2D eigenvalue weighted by molar-refractivity contribution is -0.121. The first-order chi connectivity index (χ1) is 11.3. The highest BCUT2D eigenvalue weighted by molar-refractivity contribution is 5.75. The van der Waals surface area contributed by atoms with Gasteiger partial charge in [0.15, 0.2) is 0 Å². The molecular formula is C16H26N4O3. The molecule has 1 amide bonds. The number of aryl methyl sites for hydroxylation is 1. The molecule has 2 saturated heterocycles. The third-order valence-electron chi connectivity index (χ3n) is 4.66. The lowest BCUT2D eigenvalue weighted by atomic mass is 9.97. The fraction of sp³-hybridized carbons (Fsp3) is 0.750. The van der Waals surface area contributed by atoms with Gasteiger partial charge in [0.05, 0.1) is 19.8 Å². The first kappa shape index (κ1) is 16.4. The van der Waals surface area contributed by atoms with Crippen LogP contribution in [0.1, 0.15) is 12.8 Å². The maximum Gasteiger partial charge on any atom is 0.221 e. The van der Waals surface area contributed by atoms with Gasteiger partial charge in [0.2, 0.25) is 5.91 Å². The molecule has 0 spiro atoms. The fourth-order valence-corrected chi connectivity index (χ4v) is 3.31. The number of hydrogen-bond donors (Lipinski definition) is 1. The SMILES string of the molecule is O=C(CCn1cccn1)NCC(C1CCOC1)N1CCOCC1. The van der Waals surface area contributed by atoms with Crippen LogP contribution in [0.2, 0.25) is 0 Å². The minimum Gasteiger partial charge on any atom is -0.381 e. The second kappa shape index (κ2) is 8.42. The van der Waals surface area contributed by atoms with Gasteiger partial charge in [-0.25, -0.2) is 0 Å². The van der Waals surface area contributed by atoms with Crippen molar-refractivity contribution in [2.75, 3.05) is 46.1 Å². The zero-order valence-electron chi connectivity index (χ0n) is 13.5. The number of hydrogen-bond acceptors (Lipinski definition) is 5. The molecule has 2 atom stereocenters. The van der Waals surface area contributed by atoms with E-state index in [0.717, 1.165) is 45.9 Å². The van der Waals surface area contributed by atoms with E-state index in [1.807, 2.05) is 12.3 Å². The molecule has 3 rings (SSSR count). The summed E-state index contributed by atoms with van der Waals surface area (Å²) in [5.41, 5.74) is 0. The molecule has 128 valence electrons. The third kappa shape index (κ3) is 4.76. The predicted octanol–water partition coefficient (Wildman–Crippen LogP) is 0.127. The molecule has 0 aromatic carbocycles. The lowest BCUT2D eigenvalue weighted by Gasteiger charge is -2.37. The second-order valence-electron chi connectivity index (χ2n) is 6.16. The van der Waals surface area contributed by atoms with Crippen LogP contribution in [-0.2, 0) is 20.8 Å². The third-order valence-corrected chi connectivity index (χ3v) is 4.66. The molecule has 1 aromatic heterocycles. The van der Waals surface area contributed by atoms with E-state index >= 15 is 0 Å². The summed E-state index contributed by atoms with van der Waals surface area (Å²) in [6.07, 6.45) is 5.13. The molecule has 1 aromatic rings. The number of ether oxygens (including phenoxy) is 2. The lowest BCUT2D eigenvalue weighted by Crippen LogP contribution is -2.52. The van der Waals surface area contributed by atoms with E-state index in [1.165, 1.54) is 0 Å². The smallest absolute Gasteiger partial charge is 0.221 e. The highest BCUT2D eigenvalue weighted by Gasteiger charge is 2.31. The molecule has 7 nitrogen and oxygen atoms in total. The van der Waals surface area contributed by atoms with Crippen LogP contribution in [0.3, 0.4) is 0 Å². The van der Waals surface area contributed by atoms with Gasteiger partial charge in [-0.15, -0.1) is 0 Å². The van der Waals surface area contributed by atoms with Crippen LogP contribution in [0.25, 0.3) is 0 Å². The van der Waals surface area contributed by atoms with Crippen LogP contribution in [0.4, 0.5) is 0 Å². The van der Waals surface area contributed by atoms with Gasteiger partial charge >= 0.3 is 0 Å². The van der Waals surface area contributed by atoms with Gasteiger partial charge in [0.1, 0.15) is 0 Å². The Morgan fingerprint density at radius 3 is 2.87 bits per heavy atom. The molecule has 7 heteroatoms. The Balaban J connectivity index is 1.47. The Morgan fingerprint density at radius 2 is 2.17 bits per heavy atom. The number of carbonyl (C=O) groups excluding carboxylic acids is 1. The monoisotopic (exact) mass is 322 g/mol. The van der Waals surface area contributed by atoms with Crippen LogP contribution < -0.4 is 5.32 Å². The quantitative estimate of drug-likeness (QED) is 0.773. The Labute approximate surface area is 136 Å². The van der Waals surface area contributed by atoms with Gasteiger partial charge in [-0.3, -0.25) is 14.4 Å². The van der Waals surface area contributed by atoms with Crippen molar-refractivity contribution in [2.45, 2.75) is 25.4 Å². The van der Waals surface area contributed by atoms with Gasteiger partial charge in [0, 0.05) is 63.6 Å². The highest BCUT2D eigenvalue weighted by Crippen LogP contribution is 2.21. The molecule has 3 heterocycles. The highest BCUT2D eigenvalue weighted by atomic mass is 16.5. The summed E-state index contributed by atoms with van der Waals surface area (Å²) >= 11 is 0. The zero-order valence-corrected chi connectivity index (χ0v) is 13.5. The number of carbonyl (C=O) groups is 1. The van der Waals surface area contributed by atoms with Crippen LogP contribution in [0, 0.1) is 5.92 Å². The van der Waals surface area contributed by atoms with Gasteiger partial charge in [-0.2, -0.15) is 5.10 Å². The molecule has 2 unspecified atom stereocenters. The Kier molecular flexibility index (Phi) is 6.01. The maximum absolute atomic E-state index is 12.1. The molecule has 1 N–H and O–H groups in total. The van der Waals surface area contributed by atoms with E-state index < -0.39 is 0 Å². The number of rotatable bonds is 7. The molecule has 2 aliphatic heterocycles. The predicted molar refractivity (Wildman–Crippen MR) is 85.0 cm³/mol. The van der Waals surface area contributed by atoms with Crippen molar-refractivity contribution in [1.82, 2.24) is 20.0 Å². The van der Waals surface area contributed by atoms with E-state index in [2.05, 4.69) is 15.3 Å². The van der Waals surface area contributed by atoms with E-state index in [1.54, 1.807) is 10.9 Å². The normalized spacial score (nSPS) is 23.7. The molecule has 0 radical (unpaired) electrons. The van der Waals surface area contributed by atoms with Gasteiger partial charge in [-0.05, 0) is 12.5 Å². The van der Waals surface area contributed by atoms with E-state index in [9.17, 15) is 4.79 Å². The van der Waals surface area contributed by atoms with Gasteiger partial charge in [0.25, 0.3) is 0 Å². The minimum atomic E-state index is 0.0812. The molecule has 2 aliphatic rings. The Bertz CT molecular complexity index is 468. The summed E-state index contributed by atoms with van der Waals surface area (Å²) in [4.78, 5) is 14.6. The number of aromatic nitrogens is 2.